The van der Waals surface area contributed by atoms with Gasteiger partial charge in [0.1, 0.15) is 13.2 Å². The standard InChI is InChI=1S/C20H21NO3/c1-12-3-5-15(9-13(12)2)21-20(22)17-11-16(17)14-4-6-18-19(10-14)24-8-7-23-18/h3-6,9-10,16-17H,7-8,11H2,1-2H3,(H,21,22)/t16-,17-/m1/s1. The molecule has 2 aliphatic rings. The first-order chi connectivity index (χ1) is 11.6. The van der Waals surface area contributed by atoms with Gasteiger partial charge in [-0.15, -0.1) is 0 Å². The third-order valence-electron chi connectivity index (χ3n) is 4.90. The Bertz CT molecular complexity index is 799. The third-order valence-corrected chi connectivity index (χ3v) is 4.90. The molecule has 124 valence electrons. The summed E-state index contributed by atoms with van der Waals surface area (Å²) in [7, 11) is 0. The Kier molecular flexibility index (Phi) is 3.68. The molecule has 1 aliphatic heterocycles. The first kappa shape index (κ1) is 15.1. The van der Waals surface area contributed by atoms with E-state index in [4.69, 9.17) is 9.47 Å². The van der Waals surface area contributed by atoms with E-state index in [1.165, 1.54) is 11.1 Å². The summed E-state index contributed by atoms with van der Waals surface area (Å²) in [6, 6.07) is 12.0. The zero-order valence-electron chi connectivity index (χ0n) is 14.0. The molecule has 2 atom stereocenters. The van der Waals surface area contributed by atoms with Gasteiger partial charge in [0.15, 0.2) is 11.5 Å². The van der Waals surface area contributed by atoms with Gasteiger partial charge in [0, 0.05) is 11.6 Å². The normalized spacial score (nSPS) is 21.2. The van der Waals surface area contributed by atoms with Gasteiger partial charge in [-0.05, 0) is 67.1 Å². The van der Waals surface area contributed by atoms with Gasteiger partial charge >= 0.3 is 0 Å². The van der Waals surface area contributed by atoms with E-state index < -0.39 is 0 Å². The summed E-state index contributed by atoms with van der Waals surface area (Å²) in [6.07, 6.45) is 0.885. The number of amides is 1. The molecule has 0 spiro atoms. The summed E-state index contributed by atoms with van der Waals surface area (Å²) in [5, 5.41) is 3.04. The molecule has 1 saturated carbocycles. The smallest absolute Gasteiger partial charge is 0.228 e. The fraction of sp³-hybridized carbons (Fsp3) is 0.350. The monoisotopic (exact) mass is 323 g/mol. The number of hydrogen-bond acceptors (Lipinski definition) is 3. The highest BCUT2D eigenvalue weighted by Crippen LogP contribution is 2.49. The highest BCUT2D eigenvalue weighted by molar-refractivity contribution is 5.95. The molecular weight excluding hydrogens is 302 g/mol. The SMILES string of the molecule is Cc1ccc(NC(=O)[C@@H]2C[C@@H]2c2ccc3c(c2)OCCO3)cc1C. The second-order valence-corrected chi connectivity index (χ2v) is 6.64. The molecule has 2 aromatic carbocycles. The molecule has 2 aromatic rings. The molecule has 24 heavy (non-hydrogen) atoms. The summed E-state index contributed by atoms with van der Waals surface area (Å²) in [5.74, 6) is 1.99. The Balaban J connectivity index is 1.44. The van der Waals surface area contributed by atoms with Gasteiger partial charge in [-0.1, -0.05) is 12.1 Å². The van der Waals surface area contributed by atoms with Crippen LogP contribution in [0.1, 0.15) is 29.0 Å². The van der Waals surface area contributed by atoms with Gasteiger partial charge in [0.25, 0.3) is 0 Å². The Morgan fingerprint density at radius 1 is 1.00 bits per heavy atom. The van der Waals surface area contributed by atoms with Crippen LogP contribution in [0.5, 0.6) is 11.5 Å². The molecule has 4 rings (SSSR count). The van der Waals surface area contributed by atoms with E-state index in [1.54, 1.807) is 0 Å². The molecule has 0 radical (unpaired) electrons. The van der Waals surface area contributed by atoms with E-state index in [1.807, 2.05) is 36.4 Å². The quantitative estimate of drug-likeness (QED) is 0.934. The summed E-state index contributed by atoms with van der Waals surface area (Å²) < 4.78 is 11.2. The average Bonchev–Trinajstić information content (AvgIpc) is 3.38. The maximum Gasteiger partial charge on any atom is 0.228 e. The zero-order chi connectivity index (χ0) is 16.7. The minimum absolute atomic E-state index is 0.0363. The molecule has 0 saturated heterocycles. The van der Waals surface area contributed by atoms with E-state index in [0.717, 1.165) is 29.2 Å². The van der Waals surface area contributed by atoms with Crippen molar-refractivity contribution in [3.8, 4) is 11.5 Å². The average molecular weight is 323 g/mol. The molecule has 1 fully saturated rings. The third kappa shape index (κ3) is 2.84. The molecule has 1 aliphatic carbocycles. The van der Waals surface area contributed by atoms with Crippen LogP contribution in [0.15, 0.2) is 36.4 Å². The number of nitrogens with one attached hydrogen (secondary N) is 1. The van der Waals surface area contributed by atoms with Crippen molar-refractivity contribution >= 4 is 11.6 Å². The fourth-order valence-corrected chi connectivity index (χ4v) is 3.20. The van der Waals surface area contributed by atoms with Crippen LogP contribution in [0.2, 0.25) is 0 Å². The van der Waals surface area contributed by atoms with Crippen LogP contribution in [-0.2, 0) is 4.79 Å². The lowest BCUT2D eigenvalue weighted by atomic mass is 10.1. The zero-order valence-corrected chi connectivity index (χ0v) is 14.0. The van der Waals surface area contributed by atoms with Gasteiger partial charge in [-0.3, -0.25) is 4.79 Å². The van der Waals surface area contributed by atoms with Gasteiger partial charge in [0.2, 0.25) is 5.91 Å². The molecular formula is C20H21NO3. The van der Waals surface area contributed by atoms with Crippen molar-refractivity contribution < 1.29 is 14.3 Å². The molecule has 4 nitrogen and oxygen atoms in total. The van der Waals surface area contributed by atoms with Crippen LogP contribution < -0.4 is 14.8 Å². The number of carbonyl (C=O) groups is 1. The van der Waals surface area contributed by atoms with Gasteiger partial charge < -0.3 is 14.8 Å². The number of carbonyl (C=O) groups excluding carboxylic acids is 1. The van der Waals surface area contributed by atoms with Gasteiger partial charge in [0.05, 0.1) is 0 Å². The Hall–Kier alpha value is -2.49. The topological polar surface area (TPSA) is 47.6 Å². The highest BCUT2D eigenvalue weighted by Gasteiger charge is 2.44. The second kappa shape index (κ2) is 5.86. The van der Waals surface area contributed by atoms with Gasteiger partial charge in [-0.2, -0.15) is 0 Å². The van der Waals surface area contributed by atoms with E-state index in [-0.39, 0.29) is 17.7 Å². The van der Waals surface area contributed by atoms with E-state index in [0.29, 0.717) is 13.2 Å². The molecule has 0 unspecified atom stereocenters. The van der Waals surface area contributed by atoms with Crippen molar-refractivity contribution in [2.24, 2.45) is 5.92 Å². The largest absolute Gasteiger partial charge is 0.486 e. The molecule has 0 aromatic heterocycles. The molecule has 1 amide bonds. The lowest BCUT2D eigenvalue weighted by molar-refractivity contribution is -0.117. The number of fused-ring (bicyclic) bond motifs is 1. The van der Waals surface area contributed by atoms with E-state index in [9.17, 15) is 4.79 Å². The number of hydrogen-bond donors (Lipinski definition) is 1. The Labute approximate surface area is 141 Å². The molecule has 1 heterocycles. The lowest BCUT2D eigenvalue weighted by Crippen LogP contribution is -2.16. The minimum atomic E-state index is 0.0363. The molecule has 0 bridgehead atoms. The molecule has 1 N–H and O–H groups in total. The van der Waals surface area contributed by atoms with Crippen molar-refractivity contribution in [1.29, 1.82) is 0 Å². The summed E-state index contributed by atoms with van der Waals surface area (Å²) in [5.41, 5.74) is 4.44. The predicted octanol–water partition coefficient (Wildman–Crippen LogP) is 3.82. The summed E-state index contributed by atoms with van der Waals surface area (Å²) >= 11 is 0. The van der Waals surface area contributed by atoms with E-state index >= 15 is 0 Å². The van der Waals surface area contributed by atoms with E-state index in [2.05, 4.69) is 19.2 Å². The van der Waals surface area contributed by atoms with Crippen LogP contribution in [-0.4, -0.2) is 19.1 Å². The second-order valence-electron chi connectivity index (χ2n) is 6.64. The van der Waals surface area contributed by atoms with Crippen molar-refractivity contribution in [2.45, 2.75) is 26.2 Å². The van der Waals surface area contributed by atoms with Gasteiger partial charge in [-0.25, -0.2) is 0 Å². The van der Waals surface area contributed by atoms with Crippen molar-refractivity contribution in [2.75, 3.05) is 18.5 Å². The Morgan fingerprint density at radius 3 is 2.58 bits per heavy atom. The summed E-state index contributed by atoms with van der Waals surface area (Å²) in [6.45, 7) is 5.30. The van der Waals surface area contributed by atoms with Crippen molar-refractivity contribution in [1.82, 2.24) is 0 Å². The van der Waals surface area contributed by atoms with Crippen LogP contribution in [0.25, 0.3) is 0 Å². The number of anilines is 1. The number of rotatable bonds is 3. The first-order valence-electron chi connectivity index (χ1n) is 8.39. The van der Waals surface area contributed by atoms with Crippen LogP contribution in [0.3, 0.4) is 0 Å². The number of aryl methyl sites for hydroxylation is 2. The number of ether oxygens (including phenoxy) is 2. The van der Waals surface area contributed by atoms with Crippen molar-refractivity contribution in [3.63, 3.8) is 0 Å². The highest BCUT2D eigenvalue weighted by atomic mass is 16.6. The van der Waals surface area contributed by atoms with Crippen LogP contribution in [0.4, 0.5) is 5.69 Å². The maximum absolute atomic E-state index is 12.5. The summed E-state index contributed by atoms with van der Waals surface area (Å²) in [4.78, 5) is 12.5. The predicted molar refractivity (Wildman–Crippen MR) is 92.8 cm³/mol. The minimum Gasteiger partial charge on any atom is -0.486 e. The maximum atomic E-state index is 12.5. The van der Waals surface area contributed by atoms with Crippen LogP contribution in [0, 0.1) is 19.8 Å². The fourth-order valence-electron chi connectivity index (χ4n) is 3.20. The molecule has 4 heteroatoms. The van der Waals surface area contributed by atoms with Crippen LogP contribution >= 0.6 is 0 Å². The number of benzene rings is 2. The van der Waals surface area contributed by atoms with Crippen molar-refractivity contribution in [3.05, 3.63) is 53.1 Å². The first-order valence-corrected chi connectivity index (χ1v) is 8.39. The lowest BCUT2D eigenvalue weighted by Gasteiger charge is -2.18. The Morgan fingerprint density at radius 2 is 1.79 bits per heavy atom.